The van der Waals surface area contributed by atoms with Crippen molar-refractivity contribution in [2.45, 2.75) is 66.7 Å². The van der Waals surface area contributed by atoms with Crippen LogP contribution < -0.4 is 5.73 Å². The van der Waals surface area contributed by atoms with Gasteiger partial charge in [-0.25, -0.2) is 0 Å². The highest BCUT2D eigenvalue weighted by Gasteiger charge is 2.09. The van der Waals surface area contributed by atoms with Crippen LogP contribution in [-0.2, 0) is 6.42 Å². The zero-order valence-corrected chi connectivity index (χ0v) is 18.2. The van der Waals surface area contributed by atoms with E-state index in [0.29, 0.717) is 11.8 Å². The van der Waals surface area contributed by atoms with Crippen molar-refractivity contribution in [3.63, 3.8) is 0 Å². The summed E-state index contributed by atoms with van der Waals surface area (Å²) in [5.74, 6) is 1.07. The number of hydrogen-bond acceptors (Lipinski definition) is 1. The minimum Gasteiger partial charge on any atom is -0.405 e. The van der Waals surface area contributed by atoms with Crippen molar-refractivity contribution < 1.29 is 0 Å². The number of nitrogens with two attached hydrogens (primary N) is 1. The highest BCUT2D eigenvalue weighted by Crippen LogP contribution is 2.30. The molecule has 1 heteroatoms. The molecule has 0 amide bonds. The van der Waals surface area contributed by atoms with Gasteiger partial charge in [-0.05, 0) is 70.8 Å². The summed E-state index contributed by atoms with van der Waals surface area (Å²) >= 11 is 0. The van der Waals surface area contributed by atoms with Crippen molar-refractivity contribution in [1.82, 2.24) is 0 Å². The van der Waals surface area contributed by atoms with Crippen molar-refractivity contribution in [2.75, 3.05) is 0 Å². The molecule has 0 spiro atoms. The van der Waals surface area contributed by atoms with Crippen LogP contribution >= 0.6 is 0 Å². The average molecular weight is 364 g/mol. The number of benzene rings is 2. The summed E-state index contributed by atoms with van der Waals surface area (Å²) in [5, 5.41) is 0. The molecule has 0 saturated heterocycles. The van der Waals surface area contributed by atoms with Gasteiger partial charge < -0.3 is 5.73 Å². The van der Waals surface area contributed by atoms with E-state index >= 15 is 0 Å². The molecule has 0 saturated carbocycles. The van der Waals surface area contributed by atoms with Crippen molar-refractivity contribution >= 4 is 0 Å². The topological polar surface area (TPSA) is 26.0 Å². The molecule has 0 aliphatic rings. The van der Waals surface area contributed by atoms with Crippen LogP contribution in [0.3, 0.4) is 0 Å². The highest BCUT2D eigenvalue weighted by atomic mass is 14.5. The summed E-state index contributed by atoms with van der Waals surface area (Å²) < 4.78 is 0. The van der Waals surface area contributed by atoms with Gasteiger partial charge in [0.25, 0.3) is 0 Å². The number of hydrogen-bond donors (Lipinski definition) is 1. The zero-order valence-electron chi connectivity index (χ0n) is 18.2. The summed E-state index contributed by atoms with van der Waals surface area (Å²) in [4.78, 5) is 0. The normalized spacial score (nSPS) is 11.4. The fourth-order valence-corrected chi connectivity index (χ4v) is 2.92. The molecule has 0 aromatic heterocycles. The van der Waals surface area contributed by atoms with E-state index in [9.17, 15) is 0 Å². The first-order valence-electron chi connectivity index (χ1n) is 10.2. The van der Waals surface area contributed by atoms with Crippen LogP contribution in [0.5, 0.6) is 0 Å². The van der Waals surface area contributed by atoms with Crippen molar-refractivity contribution in [3.8, 4) is 11.1 Å². The quantitative estimate of drug-likeness (QED) is 0.528. The summed E-state index contributed by atoms with van der Waals surface area (Å²) in [7, 11) is 0. The Labute approximate surface area is 167 Å². The molecule has 0 fully saturated rings. The third-order valence-corrected chi connectivity index (χ3v) is 4.69. The number of rotatable bonds is 6. The van der Waals surface area contributed by atoms with Gasteiger partial charge in [0.05, 0.1) is 0 Å². The third kappa shape index (κ3) is 6.75. The van der Waals surface area contributed by atoms with E-state index in [4.69, 9.17) is 5.73 Å². The van der Waals surface area contributed by atoms with Gasteiger partial charge in [-0.1, -0.05) is 90.1 Å². The molecule has 0 heterocycles. The first kappa shape index (κ1) is 22.8. The Morgan fingerprint density at radius 3 is 1.93 bits per heavy atom. The Morgan fingerprint density at radius 1 is 0.815 bits per heavy atom. The molecular weight excluding hydrogens is 326 g/mol. The SMILES string of the molecule is CC.Cc1ccc(-c2cc(C(C)C)cc(C(C)C)c2)cc1C/C=C\C=C/N. The van der Waals surface area contributed by atoms with E-state index in [2.05, 4.69) is 77.1 Å². The summed E-state index contributed by atoms with van der Waals surface area (Å²) in [6.45, 7) is 15.2. The van der Waals surface area contributed by atoms with Gasteiger partial charge in [0, 0.05) is 0 Å². The number of aryl methyl sites for hydroxylation is 1. The first-order chi connectivity index (χ1) is 12.9. The molecule has 0 aliphatic heterocycles. The molecule has 2 N–H and O–H groups in total. The van der Waals surface area contributed by atoms with Crippen LogP contribution in [-0.4, -0.2) is 0 Å². The van der Waals surface area contributed by atoms with Gasteiger partial charge in [0.2, 0.25) is 0 Å². The van der Waals surface area contributed by atoms with E-state index in [1.165, 1.54) is 33.4 Å². The largest absolute Gasteiger partial charge is 0.405 e. The molecule has 0 aliphatic carbocycles. The summed E-state index contributed by atoms with van der Waals surface area (Å²) in [6, 6.07) is 13.8. The Hall–Kier alpha value is -2.28. The summed E-state index contributed by atoms with van der Waals surface area (Å²) in [5.41, 5.74) is 13.5. The number of allylic oxidation sites excluding steroid dienone is 3. The lowest BCUT2D eigenvalue weighted by Crippen LogP contribution is -1.96. The zero-order chi connectivity index (χ0) is 20.4. The fourth-order valence-electron chi connectivity index (χ4n) is 2.92. The second-order valence-electron chi connectivity index (χ2n) is 7.36. The minimum absolute atomic E-state index is 0.536. The molecule has 27 heavy (non-hydrogen) atoms. The van der Waals surface area contributed by atoms with E-state index in [0.717, 1.165) is 6.42 Å². The van der Waals surface area contributed by atoms with Gasteiger partial charge in [-0.3, -0.25) is 0 Å². The van der Waals surface area contributed by atoms with E-state index < -0.39 is 0 Å². The Kier molecular flexibility index (Phi) is 9.64. The predicted molar refractivity (Wildman–Crippen MR) is 122 cm³/mol. The maximum Gasteiger partial charge on any atom is -0.00625 e. The third-order valence-electron chi connectivity index (χ3n) is 4.69. The van der Waals surface area contributed by atoms with Gasteiger partial charge in [-0.15, -0.1) is 0 Å². The van der Waals surface area contributed by atoms with Crippen LogP contribution in [0.25, 0.3) is 11.1 Å². The second kappa shape index (κ2) is 11.4. The molecule has 146 valence electrons. The molecular formula is C26H37N. The minimum atomic E-state index is 0.536. The molecule has 2 rings (SSSR count). The standard InChI is InChI=1S/C24H31N.C2H6/c1-17(2)22-14-23(18(3)4)16-24(15-22)21-11-10-19(5)20(13-21)9-7-6-8-12-25;1-2/h6-8,10-18H,9,25H2,1-5H3;1-2H3/b7-6-,12-8-;. The molecule has 0 radical (unpaired) electrons. The van der Waals surface area contributed by atoms with Crippen LogP contribution in [0, 0.1) is 6.92 Å². The average Bonchev–Trinajstić information content (AvgIpc) is 2.67. The van der Waals surface area contributed by atoms with E-state index in [-0.39, 0.29) is 0 Å². The van der Waals surface area contributed by atoms with Gasteiger partial charge in [0.1, 0.15) is 0 Å². The monoisotopic (exact) mass is 363 g/mol. The predicted octanol–water partition coefficient (Wildman–Crippen LogP) is 7.51. The molecule has 0 unspecified atom stereocenters. The molecule has 1 nitrogen and oxygen atoms in total. The van der Waals surface area contributed by atoms with Crippen molar-refractivity contribution in [1.29, 1.82) is 0 Å². The van der Waals surface area contributed by atoms with Crippen LogP contribution in [0.15, 0.2) is 60.8 Å². The van der Waals surface area contributed by atoms with Crippen molar-refractivity contribution in [3.05, 3.63) is 83.1 Å². The smallest absolute Gasteiger partial charge is 0.00625 e. The van der Waals surface area contributed by atoms with Gasteiger partial charge in [0.15, 0.2) is 0 Å². The molecule has 2 aromatic rings. The molecule has 0 atom stereocenters. The van der Waals surface area contributed by atoms with Crippen LogP contribution in [0.4, 0.5) is 0 Å². The summed E-state index contributed by atoms with van der Waals surface area (Å²) in [6.07, 6.45) is 8.50. The molecule has 2 aromatic carbocycles. The maximum atomic E-state index is 5.38. The lowest BCUT2D eigenvalue weighted by Gasteiger charge is -2.15. The first-order valence-corrected chi connectivity index (χ1v) is 10.2. The highest BCUT2D eigenvalue weighted by molar-refractivity contribution is 5.67. The van der Waals surface area contributed by atoms with Gasteiger partial charge >= 0.3 is 0 Å². The Balaban J connectivity index is 0.00000176. The van der Waals surface area contributed by atoms with E-state index in [1.54, 1.807) is 6.20 Å². The van der Waals surface area contributed by atoms with Crippen LogP contribution in [0.1, 0.15) is 75.6 Å². The lowest BCUT2D eigenvalue weighted by molar-refractivity contribution is 0.834. The lowest BCUT2D eigenvalue weighted by atomic mass is 9.90. The Bertz CT molecular complexity index is 738. The fraction of sp³-hybridized carbons (Fsp3) is 0.385. The van der Waals surface area contributed by atoms with E-state index in [1.807, 2.05) is 26.0 Å². The Morgan fingerprint density at radius 2 is 1.41 bits per heavy atom. The maximum absolute atomic E-state index is 5.38. The van der Waals surface area contributed by atoms with Crippen LogP contribution in [0.2, 0.25) is 0 Å². The second-order valence-corrected chi connectivity index (χ2v) is 7.36. The molecule has 0 bridgehead atoms. The van der Waals surface area contributed by atoms with Crippen molar-refractivity contribution in [2.24, 2.45) is 5.73 Å². The van der Waals surface area contributed by atoms with Gasteiger partial charge in [-0.2, -0.15) is 0 Å².